The quantitative estimate of drug-likeness (QED) is 0.180. The number of rotatable bonds is 4. The van der Waals surface area contributed by atoms with Gasteiger partial charge in [0.15, 0.2) is 11.6 Å². The maximum absolute atomic E-state index is 13.4. The van der Waals surface area contributed by atoms with Crippen molar-refractivity contribution < 1.29 is 65.1 Å². The monoisotopic (exact) mass is 538 g/mol. The first-order valence-electron chi connectivity index (χ1n) is 10.1. The van der Waals surface area contributed by atoms with Gasteiger partial charge in [-0.3, -0.25) is 14.1 Å². The summed E-state index contributed by atoms with van der Waals surface area (Å²) in [5.74, 6) is -1.38. The fraction of sp³-hybridized carbons (Fsp3) is 0.130. The summed E-state index contributed by atoms with van der Waals surface area (Å²) in [6.45, 7) is 4.51. The van der Waals surface area contributed by atoms with Gasteiger partial charge >= 0.3 is 29.6 Å². The van der Waals surface area contributed by atoms with Gasteiger partial charge in [0.1, 0.15) is 15.0 Å². The normalized spacial score (nSPS) is 13.0. The van der Waals surface area contributed by atoms with Crippen molar-refractivity contribution in [2.75, 3.05) is 11.1 Å². The molecule has 1 aliphatic rings. The molecular formula is C23H19N2NaO8S2. The van der Waals surface area contributed by atoms with Crippen LogP contribution in [0.2, 0.25) is 0 Å². The molecule has 0 bridgehead atoms. The molecule has 36 heavy (non-hydrogen) atoms. The molecule has 10 nitrogen and oxygen atoms in total. The van der Waals surface area contributed by atoms with E-state index in [-0.39, 0.29) is 73.6 Å². The summed E-state index contributed by atoms with van der Waals surface area (Å²) < 4.78 is 69.6. The topological polar surface area (TPSA) is 184 Å². The van der Waals surface area contributed by atoms with Crippen LogP contribution in [0.3, 0.4) is 0 Å². The summed E-state index contributed by atoms with van der Waals surface area (Å²) in [6, 6.07) is 8.20. The number of carbonyl (C=O) groups is 2. The van der Waals surface area contributed by atoms with Crippen LogP contribution in [0.4, 0.5) is 17.1 Å². The van der Waals surface area contributed by atoms with E-state index >= 15 is 0 Å². The molecule has 4 N–H and O–H groups in total. The zero-order valence-electron chi connectivity index (χ0n) is 19.7. The number of nitrogen functional groups attached to an aromatic ring is 1. The summed E-state index contributed by atoms with van der Waals surface area (Å²) in [7, 11) is -9.81. The van der Waals surface area contributed by atoms with Gasteiger partial charge in [-0.15, -0.1) is 0 Å². The molecule has 13 heteroatoms. The van der Waals surface area contributed by atoms with Crippen molar-refractivity contribution in [1.29, 1.82) is 0 Å². The van der Waals surface area contributed by atoms with Crippen LogP contribution in [0.25, 0.3) is 0 Å². The standard InChI is InChI=1S/C23H20N2O8S2.Na/c1-10-8-11(2)23(35(31,32)33)12(3)20(10)25-15-9-16(34(28,29)30)19(24)18-17(15)21(26)13-6-4-5-7-14(13)22(18)27;/h4-9,25H,24H2,1-3H3,(H,28,29,30)(H,31,32,33);/q;+1/p-1. The second-order valence-corrected chi connectivity index (χ2v) is 10.9. The second-order valence-electron chi connectivity index (χ2n) is 8.18. The van der Waals surface area contributed by atoms with Crippen LogP contribution in [0, 0.1) is 20.8 Å². The number of hydrogen-bond acceptors (Lipinski definition) is 9. The minimum absolute atomic E-state index is 0. The van der Waals surface area contributed by atoms with Crippen LogP contribution in [0.5, 0.6) is 0 Å². The van der Waals surface area contributed by atoms with Crippen LogP contribution in [-0.2, 0) is 20.2 Å². The van der Waals surface area contributed by atoms with E-state index < -0.39 is 47.9 Å². The van der Waals surface area contributed by atoms with Crippen LogP contribution < -0.4 is 40.6 Å². The molecule has 4 rings (SSSR count). The molecule has 0 amide bonds. The van der Waals surface area contributed by atoms with Crippen molar-refractivity contribution >= 4 is 48.9 Å². The number of aryl methyl sites for hydroxylation is 2. The van der Waals surface area contributed by atoms with Crippen molar-refractivity contribution in [3.63, 3.8) is 0 Å². The Morgan fingerprint density at radius 3 is 1.92 bits per heavy atom. The number of fused-ring (bicyclic) bond motifs is 2. The third-order valence-corrected chi connectivity index (χ3v) is 7.91. The maximum atomic E-state index is 13.4. The molecule has 0 radical (unpaired) electrons. The summed E-state index contributed by atoms with van der Waals surface area (Å²) in [6.07, 6.45) is 0. The average molecular weight is 539 g/mol. The summed E-state index contributed by atoms with van der Waals surface area (Å²) in [5, 5.41) is 2.82. The molecule has 3 aromatic carbocycles. The molecule has 0 unspecified atom stereocenters. The number of carbonyl (C=O) groups excluding carboxylic acids is 2. The van der Waals surface area contributed by atoms with E-state index in [0.29, 0.717) is 5.56 Å². The van der Waals surface area contributed by atoms with Crippen molar-refractivity contribution in [1.82, 2.24) is 0 Å². The van der Waals surface area contributed by atoms with Crippen molar-refractivity contribution in [2.24, 2.45) is 0 Å². The van der Waals surface area contributed by atoms with Crippen LogP contribution in [-0.4, -0.2) is 37.5 Å². The van der Waals surface area contributed by atoms with E-state index in [1.54, 1.807) is 13.0 Å². The third kappa shape index (κ3) is 4.50. The molecule has 0 atom stereocenters. The fourth-order valence-electron chi connectivity index (χ4n) is 4.49. The van der Waals surface area contributed by atoms with E-state index in [9.17, 15) is 35.5 Å². The van der Waals surface area contributed by atoms with Gasteiger partial charge in [-0.1, -0.05) is 30.3 Å². The minimum Gasteiger partial charge on any atom is -0.744 e. The van der Waals surface area contributed by atoms with Crippen LogP contribution >= 0.6 is 0 Å². The molecule has 0 aliphatic heterocycles. The summed E-state index contributed by atoms with van der Waals surface area (Å²) >= 11 is 0. The Hall–Kier alpha value is -2.58. The van der Waals surface area contributed by atoms with E-state index in [1.165, 1.54) is 38.1 Å². The molecule has 0 aromatic heterocycles. The van der Waals surface area contributed by atoms with Crippen LogP contribution in [0.1, 0.15) is 48.5 Å². The Morgan fingerprint density at radius 1 is 0.889 bits per heavy atom. The first-order chi connectivity index (χ1) is 16.1. The zero-order chi connectivity index (χ0) is 26.0. The molecule has 182 valence electrons. The van der Waals surface area contributed by atoms with Gasteiger partial charge in [0, 0.05) is 16.8 Å². The Morgan fingerprint density at radius 2 is 1.42 bits per heavy atom. The second kappa shape index (κ2) is 9.38. The number of nitrogens with two attached hydrogens (primary N) is 1. The number of hydrogen-bond donors (Lipinski definition) is 3. The number of benzene rings is 3. The molecule has 0 spiro atoms. The molecular weight excluding hydrogens is 519 g/mol. The Balaban J connectivity index is 0.00000361. The largest absolute Gasteiger partial charge is 1.00 e. The molecule has 0 heterocycles. The predicted molar refractivity (Wildman–Crippen MR) is 126 cm³/mol. The van der Waals surface area contributed by atoms with Crippen molar-refractivity contribution in [2.45, 2.75) is 30.6 Å². The summed E-state index contributed by atoms with van der Waals surface area (Å²) in [5.41, 5.74) is 5.37. The van der Waals surface area contributed by atoms with Gasteiger partial charge in [0.2, 0.25) is 0 Å². The molecule has 0 saturated heterocycles. The van der Waals surface area contributed by atoms with Crippen molar-refractivity contribution in [3.05, 3.63) is 75.3 Å². The summed E-state index contributed by atoms with van der Waals surface area (Å²) in [4.78, 5) is 25.4. The number of nitrogens with one attached hydrogen (secondary N) is 1. The van der Waals surface area contributed by atoms with Gasteiger partial charge in [0.05, 0.1) is 27.4 Å². The Kier molecular flexibility index (Phi) is 7.29. The predicted octanol–water partition coefficient (Wildman–Crippen LogP) is -0.132. The van der Waals surface area contributed by atoms with Gasteiger partial charge in [-0.2, -0.15) is 8.42 Å². The molecule has 1 aliphatic carbocycles. The molecule has 0 saturated carbocycles. The first-order valence-corrected chi connectivity index (χ1v) is 13.0. The fourth-order valence-corrected chi connectivity index (χ4v) is 6.08. The Bertz CT molecular complexity index is 1700. The van der Waals surface area contributed by atoms with E-state index in [1.807, 2.05) is 0 Å². The minimum atomic E-state index is -5.17. The Labute approximate surface area is 229 Å². The van der Waals surface area contributed by atoms with Gasteiger partial charge in [-0.25, -0.2) is 8.42 Å². The third-order valence-electron chi connectivity index (χ3n) is 5.89. The molecule has 0 fully saturated rings. The molecule has 3 aromatic rings. The number of ketones is 2. The van der Waals surface area contributed by atoms with Crippen molar-refractivity contribution in [3.8, 4) is 0 Å². The number of anilines is 3. The SMILES string of the molecule is Cc1cc(C)c(S(=O)(=O)O)c(C)c1Nc1cc(S(=O)(=O)[O-])c(N)c2c1C(=O)c1ccccc1C2=O.[Na+]. The average Bonchev–Trinajstić information content (AvgIpc) is 2.73. The van der Waals surface area contributed by atoms with Crippen LogP contribution in [0.15, 0.2) is 46.2 Å². The first kappa shape index (κ1) is 28.0. The van der Waals surface area contributed by atoms with Gasteiger partial charge in [0.25, 0.3) is 10.1 Å². The smallest absolute Gasteiger partial charge is 0.744 e. The zero-order valence-corrected chi connectivity index (χ0v) is 23.3. The van der Waals surface area contributed by atoms with E-state index in [4.69, 9.17) is 5.73 Å². The maximum Gasteiger partial charge on any atom is 1.00 e. The van der Waals surface area contributed by atoms with E-state index in [0.717, 1.165) is 6.07 Å². The van der Waals surface area contributed by atoms with Gasteiger partial charge in [-0.05, 0) is 43.5 Å². The van der Waals surface area contributed by atoms with Gasteiger partial charge < -0.3 is 15.6 Å². The van der Waals surface area contributed by atoms with E-state index in [2.05, 4.69) is 5.32 Å².